The van der Waals surface area contributed by atoms with E-state index in [0.717, 1.165) is 5.56 Å². The molecule has 0 saturated carbocycles. The Bertz CT molecular complexity index is 619. The van der Waals surface area contributed by atoms with Gasteiger partial charge in [-0.3, -0.25) is 4.79 Å². The zero-order valence-electron chi connectivity index (χ0n) is 12.6. The van der Waals surface area contributed by atoms with Crippen LogP contribution in [0.15, 0.2) is 36.5 Å². The Morgan fingerprint density at radius 1 is 1.18 bits per heavy atom. The van der Waals surface area contributed by atoms with E-state index in [1.165, 1.54) is 6.20 Å². The Balaban J connectivity index is 1.94. The first-order valence-electron chi connectivity index (χ1n) is 6.84. The number of carbonyl (C=O) groups is 1. The van der Waals surface area contributed by atoms with Crippen molar-refractivity contribution in [2.75, 3.05) is 25.3 Å². The van der Waals surface area contributed by atoms with Crippen molar-refractivity contribution in [3.63, 3.8) is 0 Å². The molecular weight excluding hydrogens is 282 g/mol. The van der Waals surface area contributed by atoms with Crippen LogP contribution >= 0.6 is 0 Å². The number of amides is 1. The molecule has 2 rings (SSSR count). The minimum atomic E-state index is -0.0895. The minimum absolute atomic E-state index is 0.0895. The van der Waals surface area contributed by atoms with Gasteiger partial charge in [0.1, 0.15) is 17.3 Å². The molecule has 0 aliphatic rings. The van der Waals surface area contributed by atoms with Gasteiger partial charge in [-0.2, -0.15) is 0 Å². The highest BCUT2D eigenvalue weighted by Crippen LogP contribution is 2.23. The van der Waals surface area contributed by atoms with Gasteiger partial charge in [0.2, 0.25) is 5.91 Å². The molecule has 116 valence electrons. The molecule has 1 aromatic carbocycles. The van der Waals surface area contributed by atoms with Crippen LogP contribution in [0.2, 0.25) is 0 Å². The normalized spacial score (nSPS) is 10.1. The quantitative estimate of drug-likeness (QED) is 0.854. The lowest BCUT2D eigenvalue weighted by Crippen LogP contribution is -2.12. The number of carbonyl (C=O) groups excluding carboxylic acids is 1. The highest BCUT2D eigenvalue weighted by Gasteiger charge is 2.06. The van der Waals surface area contributed by atoms with E-state index in [1.54, 1.807) is 32.4 Å². The number of pyridine rings is 1. The molecular formula is C16H19N3O3. The molecule has 1 aromatic heterocycles. The average molecular weight is 301 g/mol. The number of nitrogens with one attached hydrogen (secondary N) is 1. The molecule has 0 unspecified atom stereocenters. The van der Waals surface area contributed by atoms with Gasteiger partial charge >= 0.3 is 0 Å². The van der Waals surface area contributed by atoms with Crippen LogP contribution in [-0.4, -0.2) is 25.1 Å². The van der Waals surface area contributed by atoms with Crippen LogP contribution in [0.1, 0.15) is 12.0 Å². The van der Waals surface area contributed by atoms with Gasteiger partial charge in [0.05, 0.1) is 26.1 Å². The van der Waals surface area contributed by atoms with E-state index >= 15 is 0 Å². The first-order chi connectivity index (χ1) is 10.6. The fourth-order valence-corrected chi connectivity index (χ4v) is 1.97. The fourth-order valence-electron chi connectivity index (χ4n) is 1.97. The number of hydrogen-bond acceptors (Lipinski definition) is 5. The van der Waals surface area contributed by atoms with E-state index in [0.29, 0.717) is 35.8 Å². The van der Waals surface area contributed by atoms with Gasteiger partial charge < -0.3 is 20.5 Å². The van der Waals surface area contributed by atoms with Gasteiger partial charge in [0.25, 0.3) is 0 Å². The SMILES string of the molecule is COc1cc(CCC(=O)Nc2ccc(N)nc2)cc(OC)c1. The lowest BCUT2D eigenvalue weighted by Gasteiger charge is -2.09. The Hall–Kier alpha value is -2.76. The standard InChI is InChI=1S/C16H19N3O3/c1-21-13-7-11(8-14(9-13)22-2)3-6-16(20)19-12-4-5-15(17)18-10-12/h4-5,7-10H,3,6H2,1-2H3,(H2,17,18)(H,19,20). The topological polar surface area (TPSA) is 86.5 Å². The van der Waals surface area contributed by atoms with Crippen molar-refractivity contribution in [1.29, 1.82) is 0 Å². The maximum Gasteiger partial charge on any atom is 0.224 e. The van der Waals surface area contributed by atoms with Crippen molar-refractivity contribution in [1.82, 2.24) is 4.98 Å². The number of ether oxygens (including phenoxy) is 2. The Labute approximate surface area is 129 Å². The summed E-state index contributed by atoms with van der Waals surface area (Å²) in [7, 11) is 3.19. The second-order valence-corrected chi connectivity index (χ2v) is 4.74. The molecule has 0 aliphatic carbocycles. The average Bonchev–Trinajstić information content (AvgIpc) is 2.54. The summed E-state index contributed by atoms with van der Waals surface area (Å²) in [6.45, 7) is 0. The van der Waals surface area contributed by atoms with E-state index in [-0.39, 0.29) is 5.91 Å². The van der Waals surface area contributed by atoms with Gasteiger partial charge in [-0.05, 0) is 36.2 Å². The molecule has 0 spiro atoms. The van der Waals surface area contributed by atoms with Crippen LogP contribution in [0.5, 0.6) is 11.5 Å². The summed E-state index contributed by atoms with van der Waals surface area (Å²) in [5.41, 5.74) is 7.10. The molecule has 1 heterocycles. The van der Waals surface area contributed by atoms with Crippen LogP contribution in [0, 0.1) is 0 Å². The highest BCUT2D eigenvalue weighted by atomic mass is 16.5. The molecule has 0 fully saturated rings. The molecule has 2 aromatic rings. The predicted octanol–water partition coefficient (Wildman–Crippen LogP) is 2.25. The summed E-state index contributed by atoms with van der Waals surface area (Å²) in [5, 5.41) is 2.78. The van der Waals surface area contributed by atoms with Crippen LogP contribution in [0.4, 0.5) is 11.5 Å². The van der Waals surface area contributed by atoms with Crippen molar-refractivity contribution < 1.29 is 14.3 Å². The first kappa shape index (κ1) is 15.6. The van der Waals surface area contributed by atoms with E-state index in [9.17, 15) is 4.79 Å². The van der Waals surface area contributed by atoms with Gasteiger partial charge in [-0.25, -0.2) is 4.98 Å². The smallest absolute Gasteiger partial charge is 0.224 e. The first-order valence-corrected chi connectivity index (χ1v) is 6.84. The van der Waals surface area contributed by atoms with Gasteiger partial charge in [-0.1, -0.05) is 0 Å². The molecule has 0 radical (unpaired) electrons. The fraction of sp³-hybridized carbons (Fsp3) is 0.250. The summed E-state index contributed by atoms with van der Waals surface area (Å²) in [6, 6.07) is 8.93. The summed E-state index contributed by atoms with van der Waals surface area (Å²) in [5.74, 6) is 1.74. The number of nitrogen functional groups attached to an aromatic ring is 1. The minimum Gasteiger partial charge on any atom is -0.497 e. The third-order valence-corrected chi connectivity index (χ3v) is 3.12. The van der Waals surface area contributed by atoms with Crippen molar-refractivity contribution in [2.45, 2.75) is 12.8 Å². The zero-order valence-corrected chi connectivity index (χ0v) is 12.6. The second kappa shape index (κ2) is 7.31. The lowest BCUT2D eigenvalue weighted by molar-refractivity contribution is -0.116. The highest BCUT2D eigenvalue weighted by molar-refractivity contribution is 5.90. The van der Waals surface area contributed by atoms with E-state index in [4.69, 9.17) is 15.2 Å². The molecule has 22 heavy (non-hydrogen) atoms. The van der Waals surface area contributed by atoms with Gasteiger partial charge in [-0.15, -0.1) is 0 Å². The number of methoxy groups -OCH3 is 2. The predicted molar refractivity (Wildman–Crippen MR) is 85.1 cm³/mol. The molecule has 3 N–H and O–H groups in total. The van der Waals surface area contributed by atoms with Crippen LogP contribution in [0.25, 0.3) is 0 Å². The van der Waals surface area contributed by atoms with Crippen LogP contribution in [-0.2, 0) is 11.2 Å². The summed E-state index contributed by atoms with van der Waals surface area (Å²) in [6.07, 6.45) is 2.46. The van der Waals surface area contributed by atoms with Gasteiger partial charge in [0.15, 0.2) is 0 Å². The molecule has 0 saturated heterocycles. The van der Waals surface area contributed by atoms with Crippen molar-refractivity contribution in [3.05, 3.63) is 42.1 Å². The van der Waals surface area contributed by atoms with E-state index in [2.05, 4.69) is 10.3 Å². The van der Waals surface area contributed by atoms with Crippen molar-refractivity contribution in [2.24, 2.45) is 0 Å². The molecule has 0 aliphatic heterocycles. The Morgan fingerprint density at radius 2 is 1.86 bits per heavy atom. The zero-order chi connectivity index (χ0) is 15.9. The third-order valence-electron chi connectivity index (χ3n) is 3.12. The van der Waals surface area contributed by atoms with Crippen LogP contribution < -0.4 is 20.5 Å². The Kier molecular flexibility index (Phi) is 5.19. The van der Waals surface area contributed by atoms with E-state index in [1.807, 2.05) is 12.1 Å². The number of nitrogens with zero attached hydrogens (tertiary/aromatic N) is 1. The maximum atomic E-state index is 11.9. The molecule has 6 heteroatoms. The largest absolute Gasteiger partial charge is 0.497 e. The molecule has 0 bridgehead atoms. The monoisotopic (exact) mass is 301 g/mol. The Morgan fingerprint density at radius 3 is 2.41 bits per heavy atom. The molecule has 6 nitrogen and oxygen atoms in total. The maximum absolute atomic E-state index is 11.9. The summed E-state index contributed by atoms with van der Waals surface area (Å²) in [4.78, 5) is 15.9. The van der Waals surface area contributed by atoms with Crippen LogP contribution in [0.3, 0.4) is 0 Å². The number of benzene rings is 1. The molecule has 0 atom stereocenters. The number of anilines is 2. The third kappa shape index (κ3) is 4.37. The van der Waals surface area contributed by atoms with Crippen molar-refractivity contribution >= 4 is 17.4 Å². The number of aromatic nitrogens is 1. The van der Waals surface area contributed by atoms with Gasteiger partial charge in [0, 0.05) is 12.5 Å². The number of rotatable bonds is 6. The van der Waals surface area contributed by atoms with E-state index < -0.39 is 0 Å². The number of aryl methyl sites for hydroxylation is 1. The summed E-state index contributed by atoms with van der Waals surface area (Å²) >= 11 is 0. The number of nitrogens with two attached hydrogens (primary N) is 1. The second-order valence-electron chi connectivity index (χ2n) is 4.74. The molecule has 1 amide bonds. The lowest BCUT2D eigenvalue weighted by atomic mass is 10.1. The number of hydrogen-bond donors (Lipinski definition) is 2. The summed E-state index contributed by atoms with van der Waals surface area (Å²) < 4.78 is 10.4. The van der Waals surface area contributed by atoms with Crippen molar-refractivity contribution in [3.8, 4) is 11.5 Å².